The number of hydrogen-bond donors (Lipinski definition) is 0. The highest BCUT2D eigenvalue weighted by atomic mass is 16.5. The van der Waals surface area contributed by atoms with Crippen molar-refractivity contribution in [1.29, 1.82) is 0 Å². The van der Waals surface area contributed by atoms with E-state index in [9.17, 15) is 4.79 Å². The summed E-state index contributed by atoms with van der Waals surface area (Å²) in [7, 11) is 1.85. The summed E-state index contributed by atoms with van der Waals surface area (Å²) in [6.45, 7) is 12.7. The molecule has 0 aromatic rings. The van der Waals surface area contributed by atoms with Crippen LogP contribution in [-0.4, -0.2) is 61.6 Å². The Hall–Kier alpha value is -0.610. The monoisotopic (exact) mass is 272 g/mol. The van der Waals surface area contributed by atoms with Gasteiger partial charge < -0.3 is 9.64 Å². The van der Waals surface area contributed by atoms with Crippen LogP contribution in [0.5, 0.6) is 0 Å². The normalized spacial score (nSPS) is 19.5. The van der Waals surface area contributed by atoms with Crippen molar-refractivity contribution < 1.29 is 9.53 Å². The summed E-state index contributed by atoms with van der Waals surface area (Å²) in [5.74, 6) is 0.128. The molecule has 0 spiro atoms. The van der Waals surface area contributed by atoms with Gasteiger partial charge in [-0.15, -0.1) is 0 Å². The average Bonchev–Trinajstić information content (AvgIpc) is 2.45. The quantitative estimate of drug-likeness (QED) is 0.744. The molecule has 4 heteroatoms. The van der Waals surface area contributed by atoms with Crippen molar-refractivity contribution in [2.75, 3.05) is 39.8 Å². The second kappa shape index (κ2) is 11.2. The Labute approximate surface area is 119 Å². The van der Waals surface area contributed by atoms with E-state index >= 15 is 0 Å². The van der Waals surface area contributed by atoms with Crippen molar-refractivity contribution in [2.24, 2.45) is 0 Å². The zero-order valence-corrected chi connectivity index (χ0v) is 13.4. The molecule has 0 aliphatic carbocycles. The molecule has 1 aliphatic rings. The number of ether oxygens (including phenoxy) is 1. The third kappa shape index (κ3) is 8.22. The minimum absolute atomic E-state index is 0.128. The van der Waals surface area contributed by atoms with E-state index in [2.05, 4.69) is 11.8 Å². The topological polar surface area (TPSA) is 32.8 Å². The summed E-state index contributed by atoms with van der Waals surface area (Å²) >= 11 is 0. The maximum Gasteiger partial charge on any atom is 0.219 e. The second-order valence-electron chi connectivity index (χ2n) is 4.88. The van der Waals surface area contributed by atoms with E-state index in [1.54, 1.807) is 11.8 Å². The van der Waals surface area contributed by atoms with Crippen LogP contribution in [0.25, 0.3) is 0 Å². The van der Waals surface area contributed by atoms with Crippen LogP contribution in [0.2, 0.25) is 0 Å². The molecule has 0 radical (unpaired) electrons. The molecule has 1 atom stereocenters. The van der Waals surface area contributed by atoms with Crippen molar-refractivity contribution in [1.82, 2.24) is 9.80 Å². The third-order valence-corrected chi connectivity index (χ3v) is 3.37. The predicted octanol–water partition coefficient (Wildman–Crippen LogP) is 2.38. The van der Waals surface area contributed by atoms with E-state index in [4.69, 9.17) is 4.74 Å². The van der Waals surface area contributed by atoms with Crippen LogP contribution in [0.4, 0.5) is 0 Å². The molecule has 1 rings (SSSR count). The van der Waals surface area contributed by atoms with Crippen LogP contribution in [0.15, 0.2) is 0 Å². The van der Waals surface area contributed by atoms with Crippen LogP contribution in [0.3, 0.4) is 0 Å². The number of morpholine rings is 1. The van der Waals surface area contributed by atoms with Gasteiger partial charge in [0.1, 0.15) is 0 Å². The largest absolute Gasteiger partial charge is 0.375 e. The fourth-order valence-electron chi connectivity index (χ4n) is 2.03. The molecule has 0 bridgehead atoms. The Bertz CT molecular complexity index is 234. The summed E-state index contributed by atoms with van der Waals surface area (Å²) in [5, 5.41) is 0. The highest BCUT2D eigenvalue weighted by Crippen LogP contribution is 2.10. The SMILES string of the molecule is CC.CCCCN1CCO[C@@H](CCN(C)C(C)=O)C1. The lowest BCUT2D eigenvalue weighted by molar-refractivity contribution is -0.128. The smallest absolute Gasteiger partial charge is 0.219 e. The highest BCUT2D eigenvalue weighted by molar-refractivity contribution is 5.72. The van der Waals surface area contributed by atoms with E-state index in [-0.39, 0.29) is 5.91 Å². The van der Waals surface area contributed by atoms with Gasteiger partial charge in [-0.2, -0.15) is 0 Å². The van der Waals surface area contributed by atoms with E-state index in [0.29, 0.717) is 6.10 Å². The summed E-state index contributed by atoms with van der Waals surface area (Å²) in [5.41, 5.74) is 0. The summed E-state index contributed by atoms with van der Waals surface area (Å²) < 4.78 is 5.74. The fraction of sp³-hybridized carbons (Fsp3) is 0.933. The van der Waals surface area contributed by atoms with E-state index in [0.717, 1.165) is 32.7 Å². The van der Waals surface area contributed by atoms with Crippen LogP contribution >= 0.6 is 0 Å². The molecule has 0 aromatic heterocycles. The van der Waals surface area contributed by atoms with Crippen molar-refractivity contribution in [3.63, 3.8) is 0 Å². The standard InChI is InChI=1S/C13H26N2O2.C2H6/c1-4-5-7-15-9-10-17-13(11-15)6-8-14(3)12(2)16;1-2/h13H,4-11H2,1-3H3;1-2H3/t13-;/m0./s1. The van der Waals surface area contributed by atoms with Gasteiger partial charge in [-0.3, -0.25) is 9.69 Å². The Morgan fingerprint density at radius 2 is 2.11 bits per heavy atom. The fourth-order valence-corrected chi connectivity index (χ4v) is 2.03. The van der Waals surface area contributed by atoms with Gasteiger partial charge in [0.15, 0.2) is 0 Å². The average molecular weight is 272 g/mol. The number of carbonyl (C=O) groups excluding carboxylic acids is 1. The predicted molar refractivity (Wildman–Crippen MR) is 80.4 cm³/mol. The van der Waals surface area contributed by atoms with Gasteiger partial charge in [-0.1, -0.05) is 27.2 Å². The van der Waals surface area contributed by atoms with Crippen LogP contribution in [0, 0.1) is 0 Å². The van der Waals surface area contributed by atoms with Crippen LogP contribution in [-0.2, 0) is 9.53 Å². The van der Waals surface area contributed by atoms with Crippen molar-refractivity contribution in [2.45, 2.75) is 53.1 Å². The molecule has 0 unspecified atom stereocenters. The van der Waals surface area contributed by atoms with E-state index in [1.165, 1.54) is 19.4 Å². The lowest BCUT2D eigenvalue weighted by atomic mass is 10.2. The molecule has 1 amide bonds. The van der Waals surface area contributed by atoms with E-state index < -0.39 is 0 Å². The maximum atomic E-state index is 11.1. The van der Waals surface area contributed by atoms with Gasteiger partial charge in [-0.05, 0) is 19.4 Å². The molecule has 1 saturated heterocycles. The number of carbonyl (C=O) groups is 1. The summed E-state index contributed by atoms with van der Waals surface area (Å²) in [4.78, 5) is 15.3. The van der Waals surface area contributed by atoms with Gasteiger partial charge in [0, 0.05) is 33.6 Å². The highest BCUT2D eigenvalue weighted by Gasteiger charge is 2.20. The zero-order valence-electron chi connectivity index (χ0n) is 13.4. The molecule has 1 heterocycles. The number of nitrogens with zero attached hydrogens (tertiary/aromatic N) is 2. The van der Waals surface area contributed by atoms with Gasteiger partial charge >= 0.3 is 0 Å². The molecule has 19 heavy (non-hydrogen) atoms. The molecular formula is C15H32N2O2. The molecule has 0 aromatic carbocycles. The number of unbranched alkanes of at least 4 members (excludes halogenated alkanes) is 1. The van der Waals surface area contributed by atoms with E-state index in [1.807, 2.05) is 20.9 Å². The molecule has 114 valence electrons. The Morgan fingerprint density at radius 3 is 2.68 bits per heavy atom. The van der Waals surface area contributed by atoms with Gasteiger partial charge in [0.2, 0.25) is 5.91 Å². The molecule has 1 aliphatic heterocycles. The van der Waals surface area contributed by atoms with Gasteiger partial charge in [0.25, 0.3) is 0 Å². The first-order valence-corrected chi connectivity index (χ1v) is 7.69. The molecule has 0 N–H and O–H groups in total. The molecule has 4 nitrogen and oxygen atoms in total. The molecule has 1 fully saturated rings. The number of rotatable bonds is 6. The van der Waals surface area contributed by atoms with Crippen molar-refractivity contribution in [3.05, 3.63) is 0 Å². The lowest BCUT2D eigenvalue weighted by Crippen LogP contribution is -2.44. The minimum atomic E-state index is 0.128. The zero-order chi connectivity index (χ0) is 14.7. The third-order valence-electron chi connectivity index (χ3n) is 3.37. The van der Waals surface area contributed by atoms with Gasteiger partial charge in [0.05, 0.1) is 12.7 Å². The Morgan fingerprint density at radius 1 is 1.42 bits per heavy atom. The summed E-state index contributed by atoms with van der Waals surface area (Å²) in [6.07, 6.45) is 3.75. The van der Waals surface area contributed by atoms with Gasteiger partial charge in [-0.25, -0.2) is 0 Å². The Balaban J connectivity index is 0.00000154. The van der Waals surface area contributed by atoms with Crippen LogP contribution in [0.1, 0.15) is 47.0 Å². The van der Waals surface area contributed by atoms with Crippen LogP contribution < -0.4 is 0 Å². The lowest BCUT2D eigenvalue weighted by Gasteiger charge is -2.33. The first-order valence-electron chi connectivity index (χ1n) is 7.69. The minimum Gasteiger partial charge on any atom is -0.375 e. The first kappa shape index (κ1) is 18.4. The Kier molecular flexibility index (Phi) is 10.9. The molecule has 0 saturated carbocycles. The number of hydrogen-bond acceptors (Lipinski definition) is 3. The summed E-state index contributed by atoms with van der Waals surface area (Å²) in [6, 6.07) is 0. The van der Waals surface area contributed by atoms with Crippen molar-refractivity contribution in [3.8, 4) is 0 Å². The number of amides is 1. The maximum absolute atomic E-state index is 11.1. The second-order valence-corrected chi connectivity index (χ2v) is 4.88. The first-order chi connectivity index (χ1) is 9.13. The molecular weight excluding hydrogens is 240 g/mol. The van der Waals surface area contributed by atoms with Crippen molar-refractivity contribution >= 4 is 5.91 Å².